The normalized spacial score (nSPS) is 11.2. The van der Waals surface area contributed by atoms with E-state index in [-0.39, 0.29) is 22.7 Å². The lowest BCUT2D eigenvalue weighted by Gasteiger charge is -2.14. The highest BCUT2D eigenvalue weighted by molar-refractivity contribution is 6.04. The second-order valence-electron chi connectivity index (χ2n) is 8.73. The van der Waals surface area contributed by atoms with Gasteiger partial charge < -0.3 is 10.6 Å². The minimum atomic E-state index is -3.10. The third kappa shape index (κ3) is 5.83. The van der Waals surface area contributed by atoms with Crippen LogP contribution in [0.3, 0.4) is 0 Å². The molecule has 0 radical (unpaired) electrons. The monoisotopic (exact) mass is 501 g/mol. The maximum absolute atomic E-state index is 13.7. The molecule has 0 aliphatic carbocycles. The van der Waals surface area contributed by atoms with Crippen LogP contribution in [0, 0.1) is 13.8 Å². The van der Waals surface area contributed by atoms with Gasteiger partial charge in [-0.3, -0.25) is 24.5 Å². The Labute approximate surface area is 213 Å². The van der Waals surface area contributed by atoms with Crippen LogP contribution >= 0.6 is 0 Å². The van der Waals surface area contributed by atoms with E-state index in [0.717, 1.165) is 47.1 Å². The van der Waals surface area contributed by atoms with Crippen molar-refractivity contribution < 1.29 is 18.4 Å². The molecule has 188 valence electrons. The van der Waals surface area contributed by atoms with Gasteiger partial charge in [0.1, 0.15) is 5.69 Å². The molecule has 7 nitrogen and oxygen atoms in total. The minimum Gasteiger partial charge on any atom is -0.354 e. The first-order valence-electron chi connectivity index (χ1n) is 11.5. The van der Waals surface area contributed by atoms with Gasteiger partial charge in [-0.1, -0.05) is 6.07 Å². The van der Waals surface area contributed by atoms with E-state index in [1.807, 2.05) is 38.1 Å². The molecule has 0 aliphatic rings. The molecule has 4 rings (SSSR count). The predicted octanol–water partition coefficient (Wildman–Crippen LogP) is 5.55. The van der Waals surface area contributed by atoms with Gasteiger partial charge in [-0.05, 0) is 73.0 Å². The molecule has 0 aliphatic heterocycles. The van der Waals surface area contributed by atoms with Crippen LogP contribution in [0.1, 0.15) is 44.6 Å². The van der Waals surface area contributed by atoms with E-state index in [1.165, 1.54) is 6.20 Å². The number of pyridine rings is 3. The lowest BCUT2D eigenvalue weighted by atomic mass is 9.98. The zero-order valence-corrected chi connectivity index (χ0v) is 20.8. The van der Waals surface area contributed by atoms with Crippen LogP contribution in [-0.4, -0.2) is 33.8 Å². The summed E-state index contributed by atoms with van der Waals surface area (Å²) in [6.45, 7) is 4.58. The SMILES string of the molecule is CNC(=O)c1cc(-c2cc(-c3cc(NC(=O)c4cncc(C(C)(F)F)c4)ccc3C)cc(C)n2)ccn1. The van der Waals surface area contributed by atoms with Crippen LogP contribution in [0.2, 0.25) is 0 Å². The van der Waals surface area contributed by atoms with Crippen LogP contribution in [-0.2, 0) is 5.92 Å². The molecule has 37 heavy (non-hydrogen) atoms. The molecular formula is C28H25F2N5O2. The standard InChI is InChI=1S/C28H25F2N5O2/c1-16-5-6-22(35-26(36)20-10-21(15-32-14-20)28(3,29)30)13-23(16)19-9-17(2)34-24(12-19)18-7-8-33-25(11-18)27(37)31-4/h5-15H,1-4H3,(H,31,37)(H,35,36). The van der Waals surface area contributed by atoms with Crippen molar-refractivity contribution in [3.05, 3.63) is 95.2 Å². The smallest absolute Gasteiger partial charge is 0.272 e. The topological polar surface area (TPSA) is 96.9 Å². The van der Waals surface area contributed by atoms with Crippen LogP contribution in [0.25, 0.3) is 22.4 Å². The Hall–Kier alpha value is -4.53. The molecule has 0 atom stereocenters. The van der Waals surface area contributed by atoms with E-state index in [9.17, 15) is 18.4 Å². The van der Waals surface area contributed by atoms with Crippen molar-refractivity contribution in [1.82, 2.24) is 20.3 Å². The first-order chi connectivity index (χ1) is 17.5. The summed E-state index contributed by atoms with van der Waals surface area (Å²) in [4.78, 5) is 37.3. The molecule has 3 heterocycles. The fourth-order valence-electron chi connectivity index (χ4n) is 3.83. The molecular weight excluding hydrogens is 476 g/mol. The Morgan fingerprint density at radius 3 is 2.43 bits per heavy atom. The molecule has 2 N–H and O–H groups in total. The highest BCUT2D eigenvalue weighted by Crippen LogP contribution is 2.31. The quantitative estimate of drug-likeness (QED) is 0.361. The van der Waals surface area contributed by atoms with Gasteiger partial charge in [0, 0.05) is 55.1 Å². The van der Waals surface area contributed by atoms with Gasteiger partial charge in [-0.2, -0.15) is 0 Å². The zero-order chi connectivity index (χ0) is 26.7. The van der Waals surface area contributed by atoms with Crippen molar-refractivity contribution in [3.8, 4) is 22.4 Å². The molecule has 3 aromatic heterocycles. The van der Waals surface area contributed by atoms with Gasteiger partial charge >= 0.3 is 0 Å². The first kappa shape index (κ1) is 25.6. The van der Waals surface area contributed by atoms with Crippen molar-refractivity contribution in [2.45, 2.75) is 26.7 Å². The van der Waals surface area contributed by atoms with Crippen molar-refractivity contribution >= 4 is 17.5 Å². The number of nitrogens with one attached hydrogen (secondary N) is 2. The molecule has 2 amide bonds. The van der Waals surface area contributed by atoms with Crippen molar-refractivity contribution in [3.63, 3.8) is 0 Å². The number of halogens is 2. The lowest BCUT2D eigenvalue weighted by Crippen LogP contribution is -2.19. The summed E-state index contributed by atoms with van der Waals surface area (Å²) in [7, 11) is 1.54. The molecule has 0 saturated carbocycles. The van der Waals surface area contributed by atoms with Gasteiger partial charge in [0.15, 0.2) is 0 Å². The number of aromatic nitrogens is 3. The first-order valence-corrected chi connectivity index (χ1v) is 11.5. The van der Waals surface area contributed by atoms with E-state index in [2.05, 4.69) is 25.6 Å². The largest absolute Gasteiger partial charge is 0.354 e. The Morgan fingerprint density at radius 1 is 0.919 bits per heavy atom. The maximum Gasteiger partial charge on any atom is 0.272 e. The van der Waals surface area contributed by atoms with Crippen LogP contribution < -0.4 is 10.6 Å². The predicted molar refractivity (Wildman–Crippen MR) is 138 cm³/mol. The number of carbonyl (C=O) groups excluding carboxylic acids is 2. The zero-order valence-electron chi connectivity index (χ0n) is 20.8. The summed E-state index contributed by atoms with van der Waals surface area (Å²) in [6.07, 6.45) is 3.85. The number of alkyl halides is 2. The van der Waals surface area contributed by atoms with E-state index >= 15 is 0 Å². The number of hydrogen-bond donors (Lipinski definition) is 2. The number of benzene rings is 1. The highest BCUT2D eigenvalue weighted by Gasteiger charge is 2.25. The number of amides is 2. The summed E-state index contributed by atoms with van der Waals surface area (Å²) in [5.41, 5.74) is 5.34. The van der Waals surface area contributed by atoms with Crippen molar-refractivity contribution in [1.29, 1.82) is 0 Å². The summed E-state index contributed by atoms with van der Waals surface area (Å²) in [5, 5.41) is 5.33. The molecule has 0 unspecified atom stereocenters. The fraction of sp³-hybridized carbons (Fsp3) is 0.179. The lowest BCUT2D eigenvalue weighted by molar-refractivity contribution is 0.0171. The number of nitrogens with zero attached hydrogens (tertiary/aromatic N) is 3. The number of anilines is 1. The van der Waals surface area contributed by atoms with Gasteiger partial charge in [0.05, 0.1) is 11.3 Å². The molecule has 1 aromatic carbocycles. The minimum absolute atomic E-state index is 0.0350. The fourth-order valence-corrected chi connectivity index (χ4v) is 3.83. The number of aryl methyl sites for hydroxylation is 2. The number of rotatable bonds is 6. The third-order valence-corrected chi connectivity index (χ3v) is 5.78. The summed E-state index contributed by atoms with van der Waals surface area (Å²) < 4.78 is 27.4. The summed E-state index contributed by atoms with van der Waals surface area (Å²) in [5.74, 6) is -3.94. The Balaban J connectivity index is 1.67. The Kier molecular flexibility index (Phi) is 7.06. The maximum atomic E-state index is 13.7. The van der Waals surface area contributed by atoms with Crippen molar-refractivity contribution in [2.75, 3.05) is 12.4 Å². The van der Waals surface area contributed by atoms with Gasteiger partial charge in [0.25, 0.3) is 17.7 Å². The Bertz CT molecular complexity index is 1500. The molecule has 0 bridgehead atoms. The van der Waals surface area contributed by atoms with Crippen LogP contribution in [0.15, 0.2) is 67.1 Å². The molecule has 9 heteroatoms. The van der Waals surface area contributed by atoms with Gasteiger partial charge in [0.2, 0.25) is 0 Å². The Morgan fingerprint density at radius 2 is 1.70 bits per heavy atom. The molecule has 0 saturated heterocycles. The second-order valence-corrected chi connectivity index (χ2v) is 8.73. The van der Waals surface area contributed by atoms with E-state index in [1.54, 1.807) is 31.4 Å². The third-order valence-electron chi connectivity index (χ3n) is 5.78. The average molecular weight is 502 g/mol. The molecule has 0 spiro atoms. The highest BCUT2D eigenvalue weighted by atomic mass is 19.3. The average Bonchev–Trinajstić information content (AvgIpc) is 2.88. The molecule has 4 aromatic rings. The number of hydrogen-bond acceptors (Lipinski definition) is 5. The van der Waals surface area contributed by atoms with Crippen LogP contribution in [0.4, 0.5) is 14.5 Å². The van der Waals surface area contributed by atoms with E-state index in [4.69, 9.17) is 0 Å². The number of carbonyl (C=O) groups is 2. The second kappa shape index (κ2) is 10.2. The summed E-state index contributed by atoms with van der Waals surface area (Å²) in [6, 6.07) is 13.9. The van der Waals surface area contributed by atoms with E-state index in [0.29, 0.717) is 11.4 Å². The van der Waals surface area contributed by atoms with Gasteiger partial charge in [-0.25, -0.2) is 8.78 Å². The van der Waals surface area contributed by atoms with Gasteiger partial charge in [-0.15, -0.1) is 0 Å². The summed E-state index contributed by atoms with van der Waals surface area (Å²) >= 11 is 0. The van der Waals surface area contributed by atoms with Crippen molar-refractivity contribution in [2.24, 2.45) is 0 Å². The van der Waals surface area contributed by atoms with Crippen LogP contribution in [0.5, 0.6) is 0 Å². The molecule has 0 fully saturated rings. The van der Waals surface area contributed by atoms with E-state index < -0.39 is 11.8 Å².